The van der Waals surface area contributed by atoms with E-state index in [0.29, 0.717) is 12.2 Å². The van der Waals surface area contributed by atoms with Gasteiger partial charge in [-0.25, -0.2) is 0 Å². The summed E-state index contributed by atoms with van der Waals surface area (Å²) < 4.78 is 6.68. The summed E-state index contributed by atoms with van der Waals surface area (Å²) >= 11 is 0. The molecule has 0 saturated carbocycles. The summed E-state index contributed by atoms with van der Waals surface area (Å²) in [7, 11) is 3.36. The number of methoxy groups -OCH3 is 1. The average Bonchev–Trinajstić information content (AvgIpc) is 2.90. The van der Waals surface area contributed by atoms with Crippen molar-refractivity contribution < 1.29 is 14.3 Å². The summed E-state index contributed by atoms with van der Waals surface area (Å²) in [6.07, 6.45) is 0. The van der Waals surface area contributed by atoms with Crippen LogP contribution in [0.15, 0.2) is 30.3 Å². The molecule has 2 rings (SSSR count). The van der Waals surface area contributed by atoms with Crippen LogP contribution in [0.2, 0.25) is 0 Å². The molecule has 1 heterocycles. The lowest BCUT2D eigenvalue weighted by molar-refractivity contribution is -0.120. The van der Waals surface area contributed by atoms with Crippen molar-refractivity contribution >= 4 is 11.8 Å². The SMILES string of the molecule is COc1ccc(CNC(=O)CNC(=O)c2cc(C)n(C)n2)cc1. The van der Waals surface area contributed by atoms with Crippen LogP contribution in [0.5, 0.6) is 5.75 Å². The molecule has 0 radical (unpaired) electrons. The van der Waals surface area contributed by atoms with Crippen molar-refractivity contribution in [1.29, 1.82) is 0 Å². The largest absolute Gasteiger partial charge is 0.497 e. The van der Waals surface area contributed by atoms with Gasteiger partial charge in [-0.05, 0) is 30.7 Å². The topological polar surface area (TPSA) is 85.3 Å². The molecule has 1 aromatic carbocycles. The molecule has 1 aromatic heterocycles. The molecule has 122 valence electrons. The van der Waals surface area contributed by atoms with Crippen molar-refractivity contribution in [3.05, 3.63) is 47.3 Å². The van der Waals surface area contributed by atoms with Crippen LogP contribution in [0.4, 0.5) is 0 Å². The van der Waals surface area contributed by atoms with E-state index >= 15 is 0 Å². The molecule has 7 nitrogen and oxygen atoms in total. The van der Waals surface area contributed by atoms with E-state index in [-0.39, 0.29) is 18.4 Å². The van der Waals surface area contributed by atoms with E-state index < -0.39 is 0 Å². The van der Waals surface area contributed by atoms with E-state index in [1.807, 2.05) is 31.2 Å². The number of hydrogen-bond donors (Lipinski definition) is 2. The smallest absolute Gasteiger partial charge is 0.272 e. The zero-order valence-electron chi connectivity index (χ0n) is 13.4. The molecule has 0 aliphatic carbocycles. The number of hydrogen-bond acceptors (Lipinski definition) is 4. The van der Waals surface area contributed by atoms with E-state index in [4.69, 9.17) is 4.74 Å². The molecule has 0 fully saturated rings. The summed E-state index contributed by atoms with van der Waals surface area (Å²) in [4.78, 5) is 23.6. The third kappa shape index (κ3) is 4.57. The van der Waals surface area contributed by atoms with Crippen molar-refractivity contribution in [2.45, 2.75) is 13.5 Å². The van der Waals surface area contributed by atoms with E-state index in [0.717, 1.165) is 17.0 Å². The maximum Gasteiger partial charge on any atom is 0.272 e. The van der Waals surface area contributed by atoms with Crippen LogP contribution in [0, 0.1) is 6.92 Å². The average molecular weight is 316 g/mol. The van der Waals surface area contributed by atoms with Gasteiger partial charge in [0.25, 0.3) is 5.91 Å². The molecule has 0 aliphatic heterocycles. The molecule has 0 unspecified atom stereocenters. The second-order valence-electron chi connectivity index (χ2n) is 5.10. The van der Waals surface area contributed by atoms with Gasteiger partial charge in [-0.2, -0.15) is 5.10 Å². The Morgan fingerprint density at radius 3 is 2.48 bits per heavy atom. The Labute approximate surface area is 134 Å². The van der Waals surface area contributed by atoms with Crippen molar-refractivity contribution in [2.24, 2.45) is 7.05 Å². The molecule has 0 bridgehead atoms. The highest BCUT2D eigenvalue weighted by atomic mass is 16.5. The molecule has 2 aromatic rings. The lowest BCUT2D eigenvalue weighted by Gasteiger charge is -2.07. The fraction of sp³-hybridized carbons (Fsp3) is 0.312. The molecule has 2 amide bonds. The van der Waals surface area contributed by atoms with Gasteiger partial charge < -0.3 is 15.4 Å². The second-order valence-corrected chi connectivity index (χ2v) is 5.10. The first-order valence-corrected chi connectivity index (χ1v) is 7.18. The highest BCUT2D eigenvalue weighted by Crippen LogP contribution is 2.10. The van der Waals surface area contributed by atoms with E-state index in [1.165, 1.54) is 0 Å². The van der Waals surface area contributed by atoms with Crippen LogP contribution in [0.3, 0.4) is 0 Å². The van der Waals surface area contributed by atoms with Crippen LogP contribution in [-0.2, 0) is 18.4 Å². The summed E-state index contributed by atoms with van der Waals surface area (Å²) in [5.74, 6) is 0.133. The number of rotatable bonds is 6. The number of aromatic nitrogens is 2. The van der Waals surface area contributed by atoms with Crippen molar-refractivity contribution in [3.63, 3.8) is 0 Å². The standard InChI is InChI=1S/C16H20N4O3/c1-11-8-14(19-20(11)2)16(22)18-10-15(21)17-9-12-4-6-13(23-3)7-5-12/h4-8H,9-10H2,1-3H3,(H,17,21)(H,18,22). The van der Waals surface area contributed by atoms with Gasteiger partial charge in [0.1, 0.15) is 11.4 Å². The molecule has 23 heavy (non-hydrogen) atoms. The minimum absolute atomic E-state index is 0.0926. The quantitative estimate of drug-likeness (QED) is 0.825. The normalized spacial score (nSPS) is 10.2. The Morgan fingerprint density at radius 2 is 1.91 bits per heavy atom. The summed E-state index contributed by atoms with van der Waals surface area (Å²) in [6, 6.07) is 9.06. The van der Waals surface area contributed by atoms with Crippen LogP contribution in [0.1, 0.15) is 21.7 Å². The third-order valence-corrected chi connectivity index (χ3v) is 3.40. The van der Waals surface area contributed by atoms with Crippen molar-refractivity contribution in [2.75, 3.05) is 13.7 Å². The number of carbonyl (C=O) groups is 2. The number of nitrogens with one attached hydrogen (secondary N) is 2. The molecule has 2 N–H and O–H groups in total. The van der Waals surface area contributed by atoms with Gasteiger partial charge in [0.2, 0.25) is 5.91 Å². The number of nitrogens with zero attached hydrogens (tertiary/aromatic N) is 2. The number of amides is 2. The molecule has 0 spiro atoms. The van der Waals surface area contributed by atoms with Crippen LogP contribution < -0.4 is 15.4 Å². The second kappa shape index (κ2) is 7.44. The number of aryl methyl sites for hydroxylation is 2. The van der Waals surface area contributed by atoms with Crippen molar-refractivity contribution in [3.8, 4) is 5.75 Å². The summed E-state index contributed by atoms with van der Waals surface area (Å²) in [5, 5.41) is 9.35. The molecule has 0 aliphatic rings. The number of carbonyl (C=O) groups excluding carboxylic acids is 2. The monoisotopic (exact) mass is 316 g/mol. The maximum absolute atomic E-state index is 11.9. The fourth-order valence-electron chi connectivity index (χ4n) is 1.93. The van der Waals surface area contributed by atoms with E-state index in [1.54, 1.807) is 24.9 Å². The van der Waals surface area contributed by atoms with Crippen LogP contribution >= 0.6 is 0 Å². The minimum Gasteiger partial charge on any atom is -0.497 e. The van der Waals surface area contributed by atoms with Gasteiger partial charge in [0.05, 0.1) is 13.7 Å². The van der Waals surface area contributed by atoms with E-state index in [2.05, 4.69) is 15.7 Å². The zero-order valence-corrected chi connectivity index (χ0v) is 13.4. The van der Waals surface area contributed by atoms with Gasteiger partial charge in [-0.3, -0.25) is 14.3 Å². The lowest BCUT2D eigenvalue weighted by Crippen LogP contribution is -2.36. The lowest BCUT2D eigenvalue weighted by atomic mass is 10.2. The Kier molecular flexibility index (Phi) is 5.35. The Morgan fingerprint density at radius 1 is 1.22 bits per heavy atom. The predicted octanol–water partition coefficient (Wildman–Crippen LogP) is 0.783. The Balaban J connectivity index is 1.77. The molecule has 0 atom stereocenters. The molecule has 7 heteroatoms. The van der Waals surface area contributed by atoms with Gasteiger partial charge >= 0.3 is 0 Å². The highest BCUT2D eigenvalue weighted by molar-refractivity contribution is 5.94. The third-order valence-electron chi connectivity index (χ3n) is 3.40. The molecular weight excluding hydrogens is 296 g/mol. The highest BCUT2D eigenvalue weighted by Gasteiger charge is 2.12. The van der Waals surface area contributed by atoms with Gasteiger partial charge in [-0.1, -0.05) is 12.1 Å². The minimum atomic E-state index is -0.367. The maximum atomic E-state index is 11.9. The summed E-state index contributed by atoms with van der Waals surface area (Å²) in [6.45, 7) is 2.15. The first-order valence-electron chi connectivity index (χ1n) is 7.18. The Hall–Kier alpha value is -2.83. The molecule has 0 saturated heterocycles. The first-order chi connectivity index (χ1) is 11.0. The number of ether oxygens (including phenoxy) is 1. The van der Waals surface area contributed by atoms with Gasteiger partial charge in [0.15, 0.2) is 0 Å². The Bertz CT molecular complexity index is 672. The summed E-state index contributed by atoms with van der Waals surface area (Å²) in [5.41, 5.74) is 2.12. The number of benzene rings is 1. The van der Waals surface area contributed by atoms with Gasteiger partial charge in [-0.15, -0.1) is 0 Å². The zero-order chi connectivity index (χ0) is 16.8. The first kappa shape index (κ1) is 16.5. The van der Waals surface area contributed by atoms with Crippen LogP contribution in [-0.4, -0.2) is 35.2 Å². The molecular formula is C16H20N4O3. The van der Waals surface area contributed by atoms with Crippen molar-refractivity contribution in [1.82, 2.24) is 20.4 Å². The van der Waals surface area contributed by atoms with Gasteiger partial charge in [0, 0.05) is 19.3 Å². The van der Waals surface area contributed by atoms with E-state index in [9.17, 15) is 9.59 Å². The predicted molar refractivity (Wildman–Crippen MR) is 85.1 cm³/mol. The fourth-order valence-corrected chi connectivity index (χ4v) is 1.93. The van der Waals surface area contributed by atoms with Crippen LogP contribution in [0.25, 0.3) is 0 Å².